The summed E-state index contributed by atoms with van der Waals surface area (Å²) in [6.07, 6.45) is 0.864. The molecular formula is C8H17O5P2+. The molecule has 0 bridgehead atoms. The van der Waals surface area contributed by atoms with Crippen molar-refractivity contribution in [2.24, 2.45) is 5.41 Å². The summed E-state index contributed by atoms with van der Waals surface area (Å²) >= 11 is 0. The van der Waals surface area contributed by atoms with Crippen LogP contribution in [0.4, 0.5) is 0 Å². The van der Waals surface area contributed by atoms with Crippen molar-refractivity contribution >= 4 is 16.6 Å². The van der Waals surface area contributed by atoms with Gasteiger partial charge in [0.05, 0.1) is 20.3 Å². The van der Waals surface area contributed by atoms with Crippen LogP contribution < -0.4 is 0 Å². The third-order valence-corrected chi connectivity index (χ3v) is 4.10. The molecule has 0 N–H and O–H groups in total. The molecule has 1 fully saturated rings. The summed E-state index contributed by atoms with van der Waals surface area (Å²) in [7, 11) is -1.40. The highest BCUT2D eigenvalue weighted by Crippen LogP contribution is 2.45. The van der Waals surface area contributed by atoms with Crippen LogP contribution in [0.3, 0.4) is 0 Å². The average Bonchev–Trinajstić information content (AvgIpc) is 2.28. The Balaban J connectivity index is 2.43. The zero-order valence-electron chi connectivity index (χ0n) is 9.26. The molecule has 0 aromatic carbocycles. The molecule has 0 radical (unpaired) electrons. The second kappa shape index (κ2) is 6.19. The summed E-state index contributed by atoms with van der Waals surface area (Å²) in [6, 6.07) is 0. The molecule has 15 heavy (non-hydrogen) atoms. The summed E-state index contributed by atoms with van der Waals surface area (Å²) in [5.41, 5.74) is -0.182. The topological polar surface area (TPSA) is 54.0 Å². The molecule has 1 rings (SSSR count). The molecule has 1 saturated heterocycles. The first kappa shape index (κ1) is 13.4. The Kier molecular flexibility index (Phi) is 5.54. The first-order chi connectivity index (χ1) is 7.12. The molecule has 0 spiro atoms. The van der Waals surface area contributed by atoms with Crippen LogP contribution in [0.5, 0.6) is 0 Å². The zero-order chi connectivity index (χ0) is 11.3. The standard InChI is InChI=1S/C8H17O5P2/c1-4-8(7-13-15(9)10-2)5-11-14(3)12-6-8/h4-7H2,1-3H3/q+1. The van der Waals surface area contributed by atoms with E-state index in [1.807, 2.05) is 13.6 Å². The van der Waals surface area contributed by atoms with Crippen LogP contribution in [0.15, 0.2) is 0 Å². The largest absolute Gasteiger partial charge is 0.697 e. The van der Waals surface area contributed by atoms with Crippen molar-refractivity contribution in [3.8, 4) is 0 Å². The van der Waals surface area contributed by atoms with Crippen molar-refractivity contribution in [3.05, 3.63) is 0 Å². The monoisotopic (exact) mass is 255 g/mol. The van der Waals surface area contributed by atoms with E-state index in [0.717, 1.165) is 6.42 Å². The van der Waals surface area contributed by atoms with Crippen LogP contribution in [-0.2, 0) is 22.7 Å². The second-order valence-electron chi connectivity index (χ2n) is 3.52. The summed E-state index contributed by atoms with van der Waals surface area (Å²) in [5, 5.41) is 0. The Morgan fingerprint density at radius 1 is 1.47 bits per heavy atom. The predicted molar refractivity (Wildman–Crippen MR) is 58.0 cm³/mol. The van der Waals surface area contributed by atoms with Gasteiger partial charge in [0.25, 0.3) is 0 Å². The van der Waals surface area contributed by atoms with Crippen molar-refractivity contribution < 1.29 is 22.7 Å². The molecule has 0 saturated carbocycles. The van der Waals surface area contributed by atoms with Gasteiger partial charge >= 0.3 is 8.25 Å². The zero-order valence-corrected chi connectivity index (χ0v) is 11.1. The lowest BCUT2D eigenvalue weighted by Crippen LogP contribution is -2.37. The SMILES string of the molecule is CCC1(CO[P+](=O)OC)COP(C)OC1. The van der Waals surface area contributed by atoms with E-state index in [2.05, 4.69) is 4.52 Å². The quantitative estimate of drug-likeness (QED) is 0.707. The highest BCUT2D eigenvalue weighted by Gasteiger charge is 2.38. The Hall–Kier alpha value is 0.370. The lowest BCUT2D eigenvalue weighted by Gasteiger charge is -2.35. The molecule has 1 atom stereocenters. The average molecular weight is 255 g/mol. The minimum atomic E-state index is -2.01. The van der Waals surface area contributed by atoms with Gasteiger partial charge in [-0.1, -0.05) is 6.92 Å². The van der Waals surface area contributed by atoms with E-state index >= 15 is 0 Å². The molecule has 88 valence electrons. The van der Waals surface area contributed by atoms with Crippen molar-refractivity contribution in [1.29, 1.82) is 0 Å². The molecule has 7 heteroatoms. The van der Waals surface area contributed by atoms with Gasteiger partial charge in [0.15, 0.2) is 8.38 Å². The Labute approximate surface area is 92.3 Å². The Morgan fingerprint density at radius 3 is 2.53 bits per heavy atom. The van der Waals surface area contributed by atoms with E-state index in [9.17, 15) is 4.57 Å². The maximum absolute atomic E-state index is 11.0. The van der Waals surface area contributed by atoms with Gasteiger partial charge in [-0.25, -0.2) is 0 Å². The first-order valence-electron chi connectivity index (χ1n) is 4.76. The smallest absolute Gasteiger partial charge is 0.333 e. The maximum Gasteiger partial charge on any atom is 0.697 e. The van der Waals surface area contributed by atoms with Crippen LogP contribution in [0.25, 0.3) is 0 Å². The Bertz CT molecular complexity index is 215. The molecule has 1 heterocycles. The summed E-state index contributed by atoms with van der Waals surface area (Å²) in [4.78, 5) is 0. The normalized spacial score (nSPS) is 32.7. The van der Waals surface area contributed by atoms with E-state index in [1.54, 1.807) is 0 Å². The molecule has 1 unspecified atom stereocenters. The molecular weight excluding hydrogens is 238 g/mol. The first-order valence-corrected chi connectivity index (χ1v) is 7.48. The van der Waals surface area contributed by atoms with Crippen LogP contribution in [-0.4, -0.2) is 33.6 Å². The predicted octanol–water partition coefficient (Wildman–Crippen LogP) is 2.69. The van der Waals surface area contributed by atoms with Gasteiger partial charge in [0.1, 0.15) is 6.61 Å². The van der Waals surface area contributed by atoms with Gasteiger partial charge in [0, 0.05) is 16.6 Å². The van der Waals surface area contributed by atoms with Crippen molar-refractivity contribution in [2.45, 2.75) is 13.3 Å². The van der Waals surface area contributed by atoms with E-state index in [0.29, 0.717) is 19.8 Å². The van der Waals surface area contributed by atoms with Crippen molar-refractivity contribution in [1.82, 2.24) is 0 Å². The fraction of sp³-hybridized carbons (Fsp3) is 1.00. The van der Waals surface area contributed by atoms with Crippen LogP contribution in [0, 0.1) is 5.41 Å². The summed E-state index contributed by atoms with van der Waals surface area (Å²) < 4.78 is 31.6. The van der Waals surface area contributed by atoms with Gasteiger partial charge < -0.3 is 9.05 Å². The number of hydrogen-bond donors (Lipinski definition) is 0. The number of hydrogen-bond acceptors (Lipinski definition) is 5. The molecule has 1 aliphatic heterocycles. The third kappa shape index (κ3) is 4.03. The van der Waals surface area contributed by atoms with E-state index in [-0.39, 0.29) is 5.41 Å². The van der Waals surface area contributed by atoms with Gasteiger partial charge in [0.2, 0.25) is 0 Å². The van der Waals surface area contributed by atoms with Gasteiger partial charge in [-0.05, 0) is 6.42 Å². The minimum Gasteiger partial charge on any atom is -0.333 e. The summed E-state index contributed by atoms with van der Waals surface area (Å²) in [6.45, 7) is 5.50. The minimum absolute atomic E-state index is 0.182. The molecule has 0 aliphatic carbocycles. The van der Waals surface area contributed by atoms with Crippen molar-refractivity contribution in [3.63, 3.8) is 0 Å². The third-order valence-electron chi connectivity index (χ3n) is 2.48. The van der Waals surface area contributed by atoms with Gasteiger partial charge in [-0.3, -0.25) is 0 Å². The molecule has 1 aliphatic rings. The fourth-order valence-electron chi connectivity index (χ4n) is 1.17. The number of rotatable bonds is 5. The van der Waals surface area contributed by atoms with Crippen LogP contribution in [0.2, 0.25) is 0 Å². The lowest BCUT2D eigenvalue weighted by atomic mass is 9.88. The summed E-state index contributed by atoms with van der Waals surface area (Å²) in [5.74, 6) is 0. The van der Waals surface area contributed by atoms with E-state index < -0.39 is 16.6 Å². The highest BCUT2D eigenvalue weighted by molar-refractivity contribution is 7.46. The molecule has 0 aromatic heterocycles. The van der Waals surface area contributed by atoms with Crippen LogP contribution >= 0.6 is 16.6 Å². The molecule has 5 nitrogen and oxygen atoms in total. The van der Waals surface area contributed by atoms with Gasteiger partial charge in [-0.15, -0.1) is 9.05 Å². The second-order valence-corrected chi connectivity index (χ2v) is 5.99. The van der Waals surface area contributed by atoms with E-state index in [4.69, 9.17) is 13.6 Å². The van der Waals surface area contributed by atoms with Crippen molar-refractivity contribution in [2.75, 3.05) is 33.6 Å². The van der Waals surface area contributed by atoms with Crippen LogP contribution in [0.1, 0.15) is 13.3 Å². The fourth-order valence-corrected chi connectivity index (χ4v) is 2.64. The lowest BCUT2D eigenvalue weighted by molar-refractivity contribution is -0.00340. The molecule has 0 aromatic rings. The molecule has 0 amide bonds. The Morgan fingerprint density at radius 2 is 2.07 bits per heavy atom. The van der Waals surface area contributed by atoms with E-state index in [1.165, 1.54) is 7.11 Å². The van der Waals surface area contributed by atoms with Gasteiger partial charge in [-0.2, -0.15) is 0 Å². The maximum atomic E-state index is 11.0. The highest BCUT2D eigenvalue weighted by atomic mass is 31.2.